The Labute approximate surface area is 177 Å². The quantitative estimate of drug-likeness (QED) is 0.651. The normalized spacial score (nSPS) is 15.6. The van der Waals surface area contributed by atoms with Gasteiger partial charge in [-0.3, -0.25) is 0 Å². The van der Waals surface area contributed by atoms with E-state index in [1.165, 1.54) is 0 Å². The van der Waals surface area contributed by atoms with E-state index < -0.39 is 0 Å². The van der Waals surface area contributed by atoms with Crippen molar-refractivity contribution in [1.29, 1.82) is 0 Å². The first kappa shape index (κ1) is 21.2. The molecule has 0 radical (unpaired) electrons. The molecule has 0 bridgehead atoms. The molecule has 1 saturated heterocycles. The highest BCUT2D eigenvalue weighted by Gasteiger charge is 2.22. The van der Waals surface area contributed by atoms with Crippen molar-refractivity contribution in [1.82, 2.24) is 4.90 Å². The van der Waals surface area contributed by atoms with Gasteiger partial charge in [0.2, 0.25) is 0 Å². The molecule has 0 amide bonds. The minimum Gasteiger partial charge on any atom is -0.497 e. The molecule has 0 aliphatic carbocycles. The highest BCUT2D eigenvalue weighted by atomic mass is 32.1. The maximum absolute atomic E-state index is 5.84. The van der Waals surface area contributed by atoms with Gasteiger partial charge in [-0.25, -0.2) is 0 Å². The number of thiocarbonyl (C=S) groups is 1. The summed E-state index contributed by atoms with van der Waals surface area (Å²) in [5, 5.41) is 3.95. The van der Waals surface area contributed by atoms with Crippen LogP contribution in [0.1, 0.15) is 18.4 Å². The second-order valence-electron chi connectivity index (χ2n) is 6.86. The van der Waals surface area contributed by atoms with Crippen LogP contribution < -0.4 is 19.5 Å². The molecule has 0 saturated carbocycles. The zero-order valence-corrected chi connectivity index (χ0v) is 18.0. The molecule has 1 aliphatic heterocycles. The third-order valence-electron chi connectivity index (χ3n) is 4.92. The maximum Gasteiger partial charge on any atom is 0.173 e. The molecule has 2 aromatic rings. The summed E-state index contributed by atoms with van der Waals surface area (Å²) in [5.41, 5.74) is 1.94. The summed E-state index contributed by atoms with van der Waals surface area (Å²) in [6.07, 6.45) is 2.33. The molecule has 7 heteroatoms. The molecule has 1 unspecified atom stereocenters. The highest BCUT2D eigenvalue weighted by molar-refractivity contribution is 7.80. The maximum atomic E-state index is 5.84. The molecule has 1 aliphatic rings. The number of anilines is 1. The van der Waals surface area contributed by atoms with Crippen LogP contribution in [0.3, 0.4) is 0 Å². The number of hydrogen-bond acceptors (Lipinski definition) is 5. The van der Waals surface area contributed by atoms with Gasteiger partial charge < -0.3 is 29.2 Å². The van der Waals surface area contributed by atoms with E-state index in [4.69, 9.17) is 31.2 Å². The summed E-state index contributed by atoms with van der Waals surface area (Å²) in [5.74, 6) is 2.24. The summed E-state index contributed by atoms with van der Waals surface area (Å²) < 4.78 is 21.9. The number of benzene rings is 2. The van der Waals surface area contributed by atoms with Crippen molar-refractivity contribution >= 4 is 23.0 Å². The Morgan fingerprint density at radius 3 is 2.41 bits per heavy atom. The van der Waals surface area contributed by atoms with E-state index >= 15 is 0 Å². The van der Waals surface area contributed by atoms with Crippen LogP contribution >= 0.6 is 12.2 Å². The number of nitrogens with zero attached hydrogens (tertiary/aromatic N) is 1. The van der Waals surface area contributed by atoms with E-state index in [9.17, 15) is 0 Å². The molecule has 3 rings (SSSR count). The van der Waals surface area contributed by atoms with Crippen molar-refractivity contribution in [2.45, 2.75) is 25.5 Å². The van der Waals surface area contributed by atoms with Gasteiger partial charge in [0.1, 0.15) is 17.2 Å². The van der Waals surface area contributed by atoms with E-state index in [2.05, 4.69) is 22.3 Å². The van der Waals surface area contributed by atoms with Crippen LogP contribution in [-0.2, 0) is 11.3 Å². The van der Waals surface area contributed by atoms with Gasteiger partial charge in [0, 0.05) is 25.8 Å². The number of methoxy groups -OCH3 is 3. The molecule has 1 fully saturated rings. The number of hydrogen-bond donors (Lipinski definition) is 1. The number of ether oxygens (including phenoxy) is 4. The molecule has 0 aromatic heterocycles. The van der Waals surface area contributed by atoms with E-state index in [0.717, 1.165) is 48.7 Å². The predicted octanol–water partition coefficient (Wildman–Crippen LogP) is 4.09. The van der Waals surface area contributed by atoms with Gasteiger partial charge in [-0.2, -0.15) is 0 Å². The van der Waals surface area contributed by atoms with Gasteiger partial charge in [-0.15, -0.1) is 0 Å². The fourth-order valence-electron chi connectivity index (χ4n) is 3.30. The Bertz CT molecular complexity index is 807. The van der Waals surface area contributed by atoms with Crippen LogP contribution in [0.2, 0.25) is 0 Å². The number of rotatable bonds is 8. The van der Waals surface area contributed by atoms with Crippen LogP contribution in [0.4, 0.5) is 5.69 Å². The van der Waals surface area contributed by atoms with Crippen LogP contribution in [0.5, 0.6) is 17.2 Å². The lowest BCUT2D eigenvalue weighted by atomic mass is 10.2. The molecule has 156 valence electrons. The third kappa shape index (κ3) is 5.74. The Balaban J connectivity index is 1.75. The van der Waals surface area contributed by atoms with Crippen LogP contribution in [0, 0.1) is 0 Å². The van der Waals surface area contributed by atoms with Crippen molar-refractivity contribution in [3.05, 3.63) is 48.0 Å². The summed E-state index contributed by atoms with van der Waals surface area (Å²) in [7, 11) is 4.93. The molecule has 1 N–H and O–H groups in total. The molecular formula is C22H28N2O4S. The minimum absolute atomic E-state index is 0.186. The molecule has 6 nitrogen and oxygen atoms in total. The van der Waals surface area contributed by atoms with E-state index in [1.807, 2.05) is 30.3 Å². The van der Waals surface area contributed by atoms with E-state index in [1.54, 1.807) is 21.3 Å². The van der Waals surface area contributed by atoms with E-state index in [0.29, 0.717) is 17.4 Å². The fraction of sp³-hybridized carbons (Fsp3) is 0.409. The lowest BCUT2D eigenvalue weighted by Gasteiger charge is -2.29. The Morgan fingerprint density at radius 2 is 1.79 bits per heavy atom. The lowest BCUT2D eigenvalue weighted by molar-refractivity contribution is 0.0905. The van der Waals surface area contributed by atoms with Crippen molar-refractivity contribution in [3.63, 3.8) is 0 Å². The SMILES string of the molecule is COc1ccc(CN(CC2CCCO2)C(=S)Nc2ccc(OC)cc2OC)cc1. The monoisotopic (exact) mass is 416 g/mol. The number of nitrogens with one attached hydrogen (secondary N) is 1. The topological polar surface area (TPSA) is 52.2 Å². The van der Waals surface area contributed by atoms with Crippen molar-refractivity contribution in [2.75, 3.05) is 39.8 Å². The van der Waals surface area contributed by atoms with Crippen molar-refractivity contribution in [3.8, 4) is 17.2 Å². The molecule has 0 spiro atoms. The largest absolute Gasteiger partial charge is 0.497 e. The molecule has 1 atom stereocenters. The summed E-state index contributed by atoms with van der Waals surface area (Å²) in [6, 6.07) is 13.6. The second kappa shape index (κ2) is 10.3. The highest BCUT2D eigenvalue weighted by Crippen LogP contribution is 2.29. The second-order valence-corrected chi connectivity index (χ2v) is 7.25. The summed E-state index contributed by atoms with van der Waals surface area (Å²) >= 11 is 5.76. The summed E-state index contributed by atoms with van der Waals surface area (Å²) in [4.78, 5) is 2.14. The average Bonchev–Trinajstić information content (AvgIpc) is 3.27. The minimum atomic E-state index is 0.186. The van der Waals surface area contributed by atoms with Gasteiger partial charge in [-0.1, -0.05) is 12.1 Å². The van der Waals surface area contributed by atoms with Gasteiger partial charge in [0.15, 0.2) is 5.11 Å². The van der Waals surface area contributed by atoms with Crippen LogP contribution in [0.25, 0.3) is 0 Å². The first-order valence-electron chi connectivity index (χ1n) is 9.65. The van der Waals surface area contributed by atoms with Crippen molar-refractivity contribution in [2.24, 2.45) is 0 Å². The molecule has 2 aromatic carbocycles. The van der Waals surface area contributed by atoms with Crippen LogP contribution in [-0.4, -0.2) is 50.6 Å². The average molecular weight is 417 g/mol. The van der Waals surface area contributed by atoms with Gasteiger partial charge in [0.05, 0.1) is 33.1 Å². The Hall–Kier alpha value is -2.51. The fourth-order valence-corrected chi connectivity index (χ4v) is 3.55. The van der Waals surface area contributed by atoms with Gasteiger partial charge >= 0.3 is 0 Å². The zero-order valence-electron chi connectivity index (χ0n) is 17.1. The summed E-state index contributed by atoms with van der Waals surface area (Å²) in [6.45, 7) is 2.22. The smallest absolute Gasteiger partial charge is 0.173 e. The van der Waals surface area contributed by atoms with Crippen molar-refractivity contribution < 1.29 is 18.9 Å². The first-order chi connectivity index (χ1) is 14.1. The van der Waals surface area contributed by atoms with Gasteiger partial charge in [-0.05, 0) is 54.9 Å². The van der Waals surface area contributed by atoms with Gasteiger partial charge in [0.25, 0.3) is 0 Å². The first-order valence-corrected chi connectivity index (χ1v) is 10.1. The molecular weight excluding hydrogens is 388 g/mol. The zero-order chi connectivity index (χ0) is 20.6. The lowest BCUT2D eigenvalue weighted by Crippen LogP contribution is -2.39. The molecule has 1 heterocycles. The third-order valence-corrected chi connectivity index (χ3v) is 5.28. The Kier molecular flexibility index (Phi) is 7.55. The Morgan fingerprint density at radius 1 is 1.07 bits per heavy atom. The predicted molar refractivity (Wildman–Crippen MR) is 118 cm³/mol. The van der Waals surface area contributed by atoms with Crippen LogP contribution in [0.15, 0.2) is 42.5 Å². The van der Waals surface area contributed by atoms with E-state index in [-0.39, 0.29) is 6.10 Å². The standard InChI is InChI=1S/C22H28N2O4S/c1-25-17-8-6-16(7-9-17)14-24(15-19-5-4-12-28-19)22(29)23-20-11-10-18(26-2)13-21(20)27-3/h6-11,13,19H,4-5,12,14-15H2,1-3H3,(H,23,29). The molecule has 29 heavy (non-hydrogen) atoms.